The molecule has 0 spiro atoms. The molecule has 1 aliphatic rings. The summed E-state index contributed by atoms with van der Waals surface area (Å²) in [5.74, 6) is 1.69. The van der Waals surface area contributed by atoms with E-state index in [2.05, 4.69) is 0 Å². The summed E-state index contributed by atoms with van der Waals surface area (Å²) in [5, 5.41) is 10.1. The minimum Gasteiger partial charge on any atom is -0.508 e. The highest BCUT2D eigenvalue weighted by Gasteiger charge is 2.18. The molecule has 70 valence electrons. The van der Waals surface area contributed by atoms with Gasteiger partial charge in [-0.25, -0.2) is 0 Å². The van der Waals surface area contributed by atoms with E-state index in [0.29, 0.717) is 11.0 Å². The number of phenolic OH excluding ortho intramolecular Hbond substituents is 1. The Morgan fingerprint density at radius 1 is 1.31 bits per heavy atom. The van der Waals surface area contributed by atoms with Crippen LogP contribution in [-0.2, 0) is 0 Å². The van der Waals surface area contributed by atoms with Crippen molar-refractivity contribution in [3.63, 3.8) is 0 Å². The number of phenols is 1. The van der Waals surface area contributed by atoms with Crippen LogP contribution in [0.15, 0.2) is 24.3 Å². The number of hydrogen-bond acceptors (Lipinski definition) is 3. The second-order valence-corrected chi connectivity index (χ2v) is 5.80. The maximum atomic E-state index is 9.64. The first kappa shape index (κ1) is 9.28. The van der Waals surface area contributed by atoms with Crippen LogP contribution in [0.1, 0.15) is 23.7 Å². The monoisotopic (exact) mass is 212 g/mol. The smallest absolute Gasteiger partial charge is 0.119 e. The van der Waals surface area contributed by atoms with Crippen molar-refractivity contribution in [2.24, 2.45) is 0 Å². The van der Waals surface area contributed by atoms with Gasteiger partial charge in [0.1, 0.15) is 5.75 Å². The van der Waals surface area contributed by atoms with E-state index in [1.54, 1.807) is 6.07 Å². The lowest BCUT2D eigenvalue weighted by molar-refractivity contribution is 0.466. The molecular weight excluding hydrogens is 200 g/mol. The molecule has 1 saturated heterocycles. The quantitative estimate of drug-likeness (QED) is 0.718. The summed E-state index contributed by atoms with van der Waals surface area (Å²) in [6.45, 7) is 0. The van der Waals surface area contributed by atoms with Gasteiger partial charge < -0.3 is 5.11 Å². The van der Waals surface area contributed by atoms with Crippen LogP contribution >= 0.6 is 21.6 Å². The molecule has 1 heterocycles. The molecular formula is C10H12OS2. The summed E-state index contributed by atoms with van der Waals surface area (Å²) in [6.07, 6.45) is 2.45. The zero-order valence-electron chi connectivity index (χ0n) is 7.27. The van der Waals surface area contributed by atoms with Crippen LogP contribution in [0.3, 0.4) is 0 Å². The number of hydrogen-bond donors (Lipinski definition) is 1. The van der Waals surface area contributed by atoms with Crippen molar-refractivity contribution < 1.29 is 5.11 Å². The molecule has 1 atom stereocenters. The second kappa shape index (κ2) is 4.29. The minimum atomic E-state index is 0.447. The van der Waals surface area contributed by atoms with Crippen molar-refractivity contribution >= 4 is 21.6 Å². The van der Waals surface area contributed by atoms with Crippen molar-refractivity contribution in [1.29, 1.82) is 0 Å². The Balaban J connectivity index is 2.18. The van der Waals surface area contributed by atoms with Crippen LogP contribution in [0.25, 0.3) is 0 Å². The number of benzene rings is 1. The molecule has 0 aliphatic carbocycles. The molecule has 1 fully saturated rings. The molecule has 3 heteroatoms. The Labute approximate surface area is 86.3 Å². The van der Waals surface area contributed by atoms with Crippen molar-refractivity contribution in [3.05, 3.63) is 29.8 Å². The predicted octanol–water partition coefficient (Wildman–Crippen LogP) is 3.61. The minimum absolute atomic E-state index is 0.447. The van der Waals surface area contributed by atoms with E-state index < -0.39 is 0 Å². The van der Waals surface area contributed by atoms with E-state index in [9.17, 15) is 5.11 Å². The molecule has 0 radical (unpaired) electrons. The van der Waals surface area contributed by atoms with Crippen molar-refractivity contribution in [3.8, 4) is 5.75 Å². The Bertz CT molecular complexity index is 282. The van der Waals surface area contributed by atoms with Crippen molar-refractivity contribution in [2.45, 2.75) is 18.1 Å². The topological polar surface area (TPSA) is 20.2 Å². The van der Waals surface area contributed by atoms with Crippen LogP contribution in [0.5, 0.6) is 5.75 Å². The molecule has 13 heavy (non-hydrogen) atoms. The summed E-state index contributed by atoms with van der Waals surface area (Å²) < 4.78 is 0. The van der Waals surface area contributed by atoms with E-state index in [1.165, 1.54) is 18.6 Å². The SMILES string of the molecule is Oc1ccccc1C1CCCSS1. The van der Waals surface area contributed by atoms with Crippen LogP contribution in [-0.4, -0.2) is 10.9 Å². The lowest BCUT2D eigenvalue weighted by atomic mass is 10.1. The van der Waals surface area contributed by atoms with E-state index >= 15 is 0 Å². The molecule has 0 bridgehead atoms. The maximum absolute atomic E-state index is 9.64. The average Bonchev–Trinajstić information content (AvgIpc) is 2.20. The lowest BCUT2D eigenvalue weighted by Gasteiger charge is -2.21. The van der Waals surface area contributed by atoms with Gasteiger partial charge in [0.05, 0.1) is 0 Å². The third-order valence-electron chi connectivity index (χ3n) is 2.16. The molecule has 1 nitrogen and oxygen atoms in total. The number of para-hydroxylation sites is 1. The zero-order chi connectivity index (χ0) is 9.10. The lowest BCUT2D eigenvalue weighted by Crippen LogP contribution is -1.98. The number of aromatic hydroxyl groups is 1. The van der Waals surface area contributed by atoms with Crippen LogP contribution < -0.4 is 0 Å². The van der Waals surface area contributed by atoms with Gasteiger partial charge in [0.25, 0.3) is 0 Å². The Morgan fingerprint density at radius 3 is 2.85 bits per heavy atom. The van der Waals surface area contributed by atoms with Gasteiger partial charge in [-0.2, -0.15) is 0 Å². The fourth-order valence-corrected chi connectivity index (χ4v) is 4.32. The van der Waals surface area contributed by atoms with E-state index in [-0.39, 0.29) is 0 Å². The first-order valence-corrected chi connectivity index (χ1v) is 6.82. The van der Waals surface area contributed by atoms with E-state index in [4.69, 9.17) is 0 Å². The molecule has 1 N–H and O–H groups in total. The summed E-state index contributed by atoms with van der Waals surface area (Å²) >= 11 is 0. The fourth-order valence-electron chi connectivity index (χ4n) is 1.47. The van der Waals surface area contributed by atoms with Crippen LogP contribution in [0.2, 0.25) is 0 Å². The highest BCUT2D eigenvalue weighted by molar-refractivity contribution is 8.76. The van der Waals surface area contributed by atoms with Gasteiger partial charge in [0.15, 0.2) is 0 Å². The van der Waals surface area contributed by atoms with Crippen LogP contribution in [0, 0.1) is 0 Å². The zero-order valence-corrected chi connectivity index (χ0v) is 8.90. The predicted molar refractivity (Wildman–Crippen MR) is 60.1 cm³/mol. The summed E-state index contributed by atoms with van der Waals surface area (Å²) in [7, 11) is 3.80. The maximum Gasteiger partial charge on any atom is 0.119 e. The largest absolute Gasteiger partial charge is 0.508 e. The highest BCUT2D eigenvalue weighted by Crippen LogP contribution is 2.47. The van der Waals surface area contributed by atoms with Gasteiger partial charge in [-0.1, -0.05) is 39.8 Å². The molecule has 0 amide bonds. The van der Waals surface area contributed by atoms with Gasteiger partial charge in [0.2, 0.25) is 0 Å². The van der Waals surface area contributed by atoms with Gasteiger partial charge >= 0.3 is 0 Å². The summed E-state index contributed by atoms with van der Waals surface area (Å²) in [5.41, 5.74) is 1.10. The normalized spacial score (nSPS) is 22.9. The summed E-state index contributed by atoms with van der Waals surface area (Å²) in [6, 6.07) is 7.67. The summed E-state index contributed by atoms with van der Waals surface area (Å²) in [4.78, 5) is 0. The Kier molecular flexibility index (Phi) is 3.06. The third kappa shape index (κ3) is 2.15. The Morgan fingerprint density at radius 2 is 2.15 bits per heavy atom. The first-order valence-electron chi connectivity index (χ1n) is 4.44. The van der Waals surface area contributed by atoms with E-state index in [0.717, 1.165) is 5.56 Å². The fraction of sp³-hybridized carbons (Fsp3) is 0.400. The van der Waals surface area contributed by atoms with E-state index in [1.807, 2.05) is 39.8 Å². The highest BCUT2D eigenvalue weighted by atomic mass is 33.1. The standard InChI is InChI=1S/C10H12OS2/c11-9-5-2-1-4-8(9)10-6-3-7-12-13-10/h1-2,4-5,10-11H,3,6-7H2. The molecule has 1 unspecified atom stereocenters. The average molecular weight is 212 g/mol. The van der Waals surface area contributed by atoms with Crippen molar-refractivity contribution in [1.82, 2.24) is 0 Å². The van der Waals surface area contributed by atoms with Crippen LogP contribution in [0.4, 0.5) is 0 Å². The van der Waals surface area contributed by atoms with Gasteiger partial charge in [-0.05, 0) is 18.9 Å². The third-order valence-corrected chi connectivity index (χ3v) is 5.08. The molecule has 0 saturated carbocycles. The molecule has 1 aliphatic heterocycles. The second-order valence-electron chi connectivity index (χ2n) is 3.11. The Hall–Kier alpha value is -0.280. The first-order chi connectivity index (χ1) is 6.38. The van der Waals surface area contributed by atoms with Gasteiger partial charge in [-0.3, -0.25) is 0 Å². The van der Waals surface area contributed by atoms with Crippen molar-refractivity contribution in [2.75, 3.05) is 5.75 Å². The van der Waals surface area contributed by atoms with Gasteiger partial charge in [0, 0.05) is 16.6 Å². The van der Waals surface area contributed by atoms with Gasteiger partial charge in [-0.15, -0.1) is 0 Å². The molecule has 0 aromatic heterocycles. The number of rotatable bonds is 1. The molecule has 2 rings (SSSR count). The molecule has 1 aromatic rings. The molecule has 1 aromatic carbocycles.